The Morgan fingerprint density at radius 3 is 2.59 bits per heavy atom. The maximum Gasteiger partial charge on any atom is 0.292 e. The van der Waals surface area contributed by atoms with Gasteiger partial charge in [-0.3, -0.25) is 10.1 Å². The molecule has 0 amide bonds. The number of halogens is 1. The molecule has 2 rings (SSSR count). The van der Waals surface area contributed by atoms with Crippen molar-refractivity contribution in [3.8, 4) is 0 Å². The van der Waals surface area contributed by atoms with E-state index in [0.717, 1.165) is 0 Å². The third-order valence-electron chi connectivity index (χ3n) is 1.87. The SMILES string of the molecule is CC.Cc1nc2nc(Cl)cnc2cc1[N+](=O)[O-]. The molecule has 0 bridgehead atoms. The third-order valence-corrected chi connectivity index (χ3v) is 2.05. The second kappa shape index (κ2) is 5.49. The molecule has 0 aliphatic rings. The monoisotopic (exact) mass is 254 g/mol. The molecule has 90 valence electrons. The number of aromatic nitrogens is 3. The molecule has 2 aromatic rings. The van der Waals surface area contributed by atoms with Crippen LogP contribution in [0.15, 0.2) is 12.3 Å². The Balaban J connectivity index is 0.000000686. The lowest BCUT2D eigenvalue weighted by Crippen LogP contribution is -1.97. The van der Waals surface area contributed by atoms with Gasteiger partial charge in [-0.2, -0.15) is 0 Å². The number of nitrogens with zero attached hydrogens (tertiary/aromatic N) is 4. The summed E-state index contributed by atoms with van der Waals surface area (Å²) >= 11 is 5.63. The lowest BCUT2D eigenvalue weighted by molar-refractivity contribution is -0.385. The van der Waals surface area contributed by atoms with E-state index >= 15 is 0 Å². The normalized spacial score (nSPS) is 9.65. The first-order chi connectivity index (χ1) is 8.08. The van der Waals surface area contributed by atoms with Gasteiger partial charge in [0.05, 0.1) is 11.1 Å². The molecule has 0 unspecified atom stereocenters. The Labute approximate surface area is 103 Å². The van der Waals surface area contributed by atoms with Crippen LogP contribution in [0, 0.1) is 17.0 Å². The van der Waals surface area contributed by atoms with E-state index < -0.39 is 4.92 Å². The van der Waals surface area contributed by atoms with Gasteiger partial charge >= 0.3 is 0 Å². The highest BCUT2D eigenvalue weighted by molar-refractivity contribution is 6.29. The first kappa shape index (κ1) is 13.2. The molecule has 6 nitrogen and oxygen atoms in total. The molecule has 0 atom stereocenters. The van der Waals surface area contributed by atoms with Gasteiger partial charge in [0.25, 0.3) is 5.69 Å². The molecule has 2 heterocycles. The van der Waals surface area contributed by atoms with Crippen molar-refractivity contribution < 1.29 is 4.92 Å². The van der Waals surface area contributed by atoms with Crippen LogP contribution in [0.2, 0.25) is 5.15 Å². The molecule has 0 fully saturated rings. The van der Waals surface area contributed by atoms with Crippen molar-refractivity contribution in [3.05, 3.63) is 33.2 Å². The summed E-state index contributed by atoms with van der Waals surface area (Å²) in [7, 11) is 0. The highest BCUT2D eigenvalue weighted by atomic mass is 35.5. The number of pyridine rings is 1. The van der Waals surface area contributed by atoms with Crippen LogP contribution in [0.4, 0.5) is 5.69 Å². The van der Waals surface area contributed by atoms with Crippen LogP contribution in [0.3, 0.4) is 0 Å². The number of nitro groups is 1. The molecular weight excluding hydrogens is 244 g/mol. The Hall–Kier alpha value is -1.82. The fourth-order valence-corrected chi connectivity index (χ4v) is 1.32. The summed E-state index contributed by atoms with van der Waals surface area (Å²) < 4.78 is 0. The van der Waals surface area contributed by atoms with Gasteiger partial charge in [-0.1, -0.05) is 25.4 Å². The predicted molar refractivity (Wildman–Crippen MR) is 65.1 cm³/mol. The second-order valence-electron chi connectivity index (χ2n) is 2.89. The molecular formula is C10H11ClN4O2. The molecule has 0 saturated heterocycles. The molecule has 0 radical (unpaired) electrons. The van der Waals surface area contributed by atoms with E-state index in [2.05, 4.69) is 15.0 Å². The standard InChI is InChI=1S/C8H5ClN4O2.C2H6/c1-4-6(13(14)15)2-5-8(11-4)12-7(9)3-10-5;1-2/h2-3H,1H3;1-2H3. The van der Waals surface area contributed by atoms with Gasteiger partial charge in [0.1, 0.15) is 16.4 Å². The van der Waals surface area contributed by atoms with E-state index in [1.807, 2.05) is 13.8 Å². The quantitative estimate of drug-likeness (QED) is 0.577. The van der Waals surface area contributed by atoms with Crippen molar-refractivity contribution >= 4 is 28.5 Å². The Morgan fingerprint density at radius 2 is 2.00 bits per heavy atom. The molecule has 0 aliphatic carbocycles. The van der Waals surface area contributed by atoms with Crippen LogP contribution >= 0.6 is 11.6 Å². The summed E-state index contributed by atoms with van der Waals surface area (Å²) in [5.74, 6) is 0. The van der Waals surface area contributed by atoms with Crippen LogP contribution in [0.1, 0.15) is 19.5 Å². The lowest BCUT2D eigenvalue weighted by Gasteiger charge is -1.99. The average Bonchev–Trinajstić information content (AvgIpc) is 2.30. The second-order valence-corrected chi connectivity index (χ2v) is 3.27. The Kier molecular flexibility index (Phi) is 4.28. The third kappa shape index (κ3) is 2.85. The highest BCUT2D eigenvalue weighted by Crippen LogP contribution is 2.20. The number of hydrogen-bond acceptors (Lipinski definition) is 5. The molecule has 2 aromatic heterocycles. The van der Waals surface area contributed by atoms with E-state index in [1.54, 1.807) is 6.92 Å². The maximum absolute atomic E-state index is 10.6. The molecule has 0 spiro atoms. The Bertz CT molecular complexity index is 559. The molecule has 7 heteroatoms. The molecule has 17 heavy (non-hydrogen) atoms. The highest BCUT2D eigenvalue weighted by Gasteiger charge is 2.14. The summed E-state index contributed by atoms with van der Waals surface area (Å²) in [6.45, 7) is 5.54. The van der Waals surface area contributed by atoms with E-state index in [9.17, 15) is 10.1 Å². The Morgan fingerprint density at radius 1 is 1.35 bits per heavy atom. The van der Waals surface area contributed by atoms with Crippen LogP contribution in [-0.2, 0) is 0 Å². The van der Waals surface area contributed by atoms with Gasteiger partial charge in [0, 0.05) is 6.07 Å². The first-order valence-electron chi connectivity index (χ1n) is 5.02. The summed E-state index contributed by atoms with van der Waals surface area (Å²) in [6, 6.07) is 1.33. The smallest absolute Gasteiger partial charge is 0.258 e. The first-order valence-corrected chi connectivity index (χ1v) is 5.40. The van der Waals surface area contributed by atoms with E-state index in [-0.39, 0.29) is 10.8 Å². The largest absolute Gasteiger partial charge is 0.292 e. The minimum Gasteiger partial charge on any atom is -0.258 e. The van der Waals surface area contributed by atoms with Gasteiger partial charge in [0.15, 0.2) is 5.65 Å². The van der Waals surface area contributed by atoms with Crippen molar-refractivity contribution in [1.82, 2.24) is 15.0 Å². The molecule has 0 aromatic carbocycles. The van der Waals surface area contributed by atoms with Gasteiger partial charge in [-0.15, -0.1) is 0 Å². The van der Waals surface area contributed by atoms with Gasteiger partial charge in [-0.25, -0.2) is 15.0 Å². The summed E-state index contributed by atoms with van der Waals surface area (Å²) in [5, 5.41) is 10.8. The van der Waals surface area contributed by atoms with Crippen LogP contribution in [0.5, 0.6) is 0 Å². The van der Waals surface area contributed by atoms with Crippen LogP contribution in [0.25, 0.3) is 11.2 Å². The number of fused-ring (bicyclic) bond motifs is 1. The van der Waals surface area contributed by atoms with Gasteiger partial charge in [0.2, 0.25) is 0 Å². The summed E-state index contributed by atoms with van der Waals surface area (Å²) in [6.07, 6.45) is 1.32. The van der Waals surface area contributed by atoms with Crippen molar-refractivity contribution in [1.29, 1.82) is 0 Å². The summed E-state index contributed by atoms with van der Waals surface area (Å²) in [4.78, 5) is 21.9. The van der Waals surface area contributed by atoms with Gasteiger partial charge in [-0.05, 0) is 6.92 Å². The fraction of sp³-hybridized carbons (Fsp3) is 0.300. The van der Waals surface area contributed by atoms with Gasteiger partial charge < -0.3 is 0 Å². The number of hydrogen-bond donors (Lipinski definition) is 0. The maximum atomic E-state index is 10.6. The predicted octanol–water partition coefficient (Wildman–Crippen LogP) is 2.92. The number of aryl methyl sites for hydroxylation is 1. The zero-order chi connectivity index (χ0) is 13.0. The number of rotatable bonds is 1. The molecule has 0 saturated carbocycles. The fourth-order valence-electron chi connectivity index (χ4n) is 1.19. The van der Waals surface area contributed by atoms with Crippen molar-refractivity contribution in [2.75, 3.05) is 0 Å². The minimum atomic E-state index is -0.502. The molecule has 0 aliphatic heterocycles. The molecule has 0 N–H and O–H groups in total. The van der Waals surface area contributed by atoms with Crippen molar-refractivity contribution in [3.63, 3.8) is 0 Å². The van der Waals surface area contributed by atoms with Crippen LogP contribution in [-0.4, -0.2) is 19.9 Å². The van der Waals surface area contributed by atoms with E-state index in [0.29, 0.717) is 16.9 Å². The zero-order valence-electron chi connectivity index (χ0n) is 9.64. The minimum absolute atomic E-state index is 0.0703. The topological polar surface area (TPSA) is 81.8 Å². The van der Waals surface area contributed by atoms with Crippen LogP contribution < -0.4 is 0 Å². The average molecular weight is 255 g/mol. The summed E-state index contributed by atoms with van der Waals surface area (Å²) in [5.41, 5.74) is 0.894. The van der Waals surface area contributed by atoms with E-state index in [4.69, 9.17) is 11.6 Å². The van der Waals surface area contributed by atoms with Crippen molar-refractivity contribution in [2.24, 2.45) is 0 Å². The zero-order valence-corrected chi connectivity index (χ0v) is 10.4. The van der Waals surface area contributed by atoms with E-state index in [1.165, 1.54) is 12.3 Å². The van der Waals surface area contributed by atoms with Crippen molar-refractivity contribution in [2.45, 2.75) is 20.8 Å². The lowest BCUT2D eigenvalue weighted by atomic mass is 10.3.